The van der Waals surface area contributed by atoms with E-state index in [9.17, 15) is 8.42 Å². The van der Waals surface area contributed by atoms with Crippen molar-refractivity contribution in [2.75, 3.05) is 32.0 Å². The summed E-state index contributed by atoms with van der Waals surface area (Å²) in [6.07, 6.45) is 2.33. The summed E-state index contributed by atoms with van der Waals surface area (Å²) in [6.45, 7) is 4.84. The first-order valence-electron chi connectivity index (χ1n) is 7.02. The molecule has 0 saturated carbocycles. The number of rotatable bonds is 5. The van der Waals surface area contributed by atoms with Gasteiger partial charge in [0.05, 0.1) is 4.90 Å². The summed E-state index contributed by atoms with van der Waals surface area (Å²) < 4.78 is 26.2. The molecule has 1 heterocycles. The van der Waals surface area contributed by atoms with Gasteiger partial charge in [-0.25, -0.2) is 13.1 Å². The van der Waals surface area contributed by atoms with Crippen molar-refractivity contribution in [3.05, 3.63) is 23.8 Å². The van der Waals surface area contributed by atoms with E-state index in [4.69, 9.17) is 0 Å². The average molecular weight is 297 g/mol. The van der Waals surface area contributed by atoms with Gasteiger partial charge < -0.3 is 10.6 Å². The standard InChI is InChI=1S/C14H23N3O2S/c1-11-3-4-13(9-14(11)20(18,19)15-2)17-10-12-5-7-16-8-6-12/h3-4,9,12,15-17H,5-8,10H2,1-2H3. The van der Waals surface area contributed by atoms with Crippen molar-refractivity contribution in [2.24, 2.45) is 5.92 Å². The lowest BCUT2D eigenvalue weighted by molar-refractivity contribution is 0.390. The Morgan fingerprint density at radius 2 is 2.00 bits per heavy atom. The van der Waals surface area contributed by atoms with E-state index < -0.39 is 10.0 Å². The predicted octanol–water partition coefficient (Wildman–Crippen LogP) is 1.31. The first-order chi connectivity index (χ1) is 9.53. The van der Waals surface area contributed by atoms with Crippen LogP contribution in [0.5, 0.6) is 0 Å². The van der Waals surface area contributed by atoms with E-state index in [1.54, 1.807) is 13.0 Å². The Kier molecular flexibility index (Phi) is 5.01. The normalized spacial score (nSPS) is 17.1. The molecule has 0 aromatic heterocycles. The van der Waals surface area contributed by atoms with Crippen LogP contribution in [-0.4, -0.2) is 35.1 Å². The molecule has 1 fully saturated rings. The van der Waals surface area contributed by atoms with Gasteiger partial charge in [-0.05, 0) is 63.5 Å². The molecular weight excluding hydrogens is 274 g/mol. The van der Waals surface area contributed by atoms with E-state index in [1.807, 2.05) is 12.1 Å². The highest BCUT2D eigenvalue weighted by Gasteiger charge is 2.16. The van der Waals surface area contributed by atoms with Crippen LogP contribution in [0, 0.1) is 12.8 Å². The lowest BCUT2D eigenvalue weighted by atomic mass is 9.98. The van der Waals surface area contributed by atoms with Crippen LogP contribution in [0.1, 0.15) is 18.4 Å². The van der Waals surface area contributed by atoms with Crippen LogP contribution in [0.4, 0.5) is 5.69 Å². The van der Waals surface area contributed by atoms with Gasteiger partial charge in [-0.2, -0.15) is 0 Å². The molecule has 0 unspecified atom stereocenters. The minimum absolute atomic E-state index is 0.343. The number of nitrogens with one attached hydrogen (secondary N) is 3. The molecule has 1 aliphatic rings. The van der Waals surface area contributed by atoms with Crippen molar-refractivity contribution in [1.29, 1.82) is 0 Å². The van der Waals surface area contributed by atoms with Gasteiger partial charge in [0, 0.05) is 12.2 Å². The Bertz CT molecular complexity index is 552. The quantitative estimate of drug-likeness (QED) is 0.766. The fourth-order valence-corrected chi connectivity index (χ4v) is 3.45. The second-order valence-electron chi connectivity index (χ2n) is 5.26. The summed E-state index contributed by atoms with van der Waals surface area (Å²) in [4.78, 5) is 0.343. The van der Waals surface area contributed by atoms with Crippen molar-refractivity contribution in [2.45, 2.75) is 24.7 Å². The second-order valence-corrected chi connectivity index (χ2v) is 7.12. The van der Waals surface area contributed by atoms with Gasteiger partial charge >= 0.3 is 0 Å². The van der Waals surface area contributed by atoms with Crippen LogP contribution < -0.4 is 15.4 Å². The SMILES string of the molecule is CNS(=O)(=O)c1cc(NCC2CCNCC2)ccc1C. The zero-order chi connectivity index (χ0) is 14.6. The van der Waals surface area contributed by atoms with Crippen molar-refractivity contribution in [1.82, 2.24) is 10.0 Å². The third kappa shape index (κ3) is 3.71. The molecule has 1 aromatic rings. The number of hydrogen-bond acceptors (Lipinski definition) is 4. The molecule has 2 rings (SSSR count). The van der Waals surface area contributed by atoms with Crippen molar-refractivity contribution >= 4 is 15.7 Å². The highest BCUT2D eigenvalue weighted by atomic mass is 32.2. The third-order valence-corrected chi connectivity index (χ3v) is 5.36. The molecule has 0 atom stereocenters. The molecule has 0 radical (unpaired) electrons. The molecule has 1 aliphatic heterocycles. The summed E-state index contributed by atoms with van der Waals surface area (Å²) in [5.41, 5.74) is 1.62. The van der Waals surface area contributed by atoms with Gasteiger partial charge in [-0.15, -0.1) is 0 Å². The smallest absolute Gasteiger partial charge is 0.240 e. The van der Waals surface area contributed by atoms with E-state index in [1.165, 1.54) is 19.9 Å². The minimum atomic E-state index is -3.39. The van der Waals surface area contributed by atoms with Crippen molar-refractivity contribution in [3.8, 4) is 0 Å². The first kappa shape index (κ1) is 15.3. The van der Waals surface area contributed by atoms with Gasteiger partial charge in [0.15, 0.2) is 0 Å². The Labute approximate surface area is 121 Å². The van der Waals surface area contributed by atoms with Crippen molar-refractivity contribution < 1.29 is 8.42 Å². The predicted molar refractivity (Wildman–Crippen MR) is 81.5 cm³/mol. The van der Waals surface area contributed by atoms with Crippen LogP contribution in [0.3, 0.4) is 0 Å². The van der Waals surface area contributed by atoms with Gasteiger partial charge in [-0.3, -0.25) is 0 Å². The lowest BCUT2D eigenvalue weighted by Gasteiger charge is -2.23. The lowest BCUT2D eigenvalue weighted by Crippen LogP contribution is -2.31. The molecule has 0 aliphatic carbocycles. The van der Waals surface area contributed by atoms with Crippen LogP contribution in [0.15, 0.2) is 23.1 Å². The molecular formula is C14H23N3O2S. The highest BCUT2D eigenvalue weighted by molar-refractivity contribution is 7.89. The summed E-state index contributed by atoms with van der Waals surface area (Å²) in [6, 6.07) is 5.49. The molecule has 112 valence electrons. The van der Waals surface area contributed by atoms with Gasteiger partial charge in [-0.1, -0.05) is 6.07 Å². The van der Waals surface area contributed by atoms with Gasteiger partial charge in [0.25, 0.3) is 0 Å². The van der Waals surface area contributed by atoms with Crippen LogP contribution in [0.25, 0.3) is 0 Å². The maximum atomic E-state index is 11.9. The maximum Gasteiger partial charge on any atom is 0.240 e. The second kappa shape index (κ2) is 6.56. The van der Waals surface area contributed by atoms with Crippen LogP contribution in [0.2, 0.25) is 0 Å². The van der Waals surface area contributed by atoms with E-state index in [0.29, 0.717) is 10.8 Å². The molecule has 6 heteroatoms. The fourth-order valence-electron chi connectivity index (χ4n) is 2.46. The Balaban J connectivity index is 2.07. The number of aryl methyl sites for hydroxylation is 1. The highest BCUT2D eigenvalue weighted by Crippen LogP contribution is 2.21. The molecule has 1 aromatic carbocycles. The molecule has 0 spiro atoms. The first-order valence-corrected chi connectivity index (χ1v) is 8.50. The summed E-state index contributed by atoms with van der Waals surface area (Å²) in [5.74, 6) is 0.655. The third-order valence-electron chi connectivity index (χ3n) is 3.80. The summed E-state index contributed by atoms with van der Waals surface area (Å²) >= 11 is 0. The Hall–Kier alpha value is -1.11. The number of anilines is 1. The maximum absolute atomic E-state index is 11.9. The molecule has 5 nitrogen and oxygen atoms in total. The van der Waals surface area contributed by atoms with E-state index in [2.05, 4.69) is 15.4 Å². The fraction of sp³-hybridized carbons (Fsp3) is 0.571. The zero-order valence-corrected chi connectivity index (χ0v) is 12.9. The number of piperidine rings is 1. The van der Waals surface area contributed by atoms with E-state index in [0.717, 1.165) is 30.9 Å². The summed E-state index contributed by atoms with van der Waals surface area (Å²) in [5, 5.41) is 6.70. The molecule has 1 saturated heterocycles. The minimum Gasteiger partial charge on any atom is -0.385 e. The van der Waals surface area contributed by atoms with Crippen LogP contribution in [-0.2, 0) is 10.0 Å². The monoisotopic (exact) mass is 297 g/mol. The average Bonchev–Trinajstić information content (AvgIpc) is 2.47. The number of benzene rings is 1. The molecule has 3 N–H and O–H groups in total. The zero-order valence-electron chi connectivity index (χ0n) is 12.1. The molecule has 0 bridgehead atoms. The van der Waals surface area contributed by atoms with Gasteiger partial charge in [0.1, 0.15) is 0 Å². The van der Waals surface area contributed by atoms with Crippen molar-refractivity contribution in [3.63, 3.8) is 0 Å². The van der Waals surface area contributed by atoms with Crippen LogP contribution >= 0.6 is 0 Å². The molecule has 20 heavy (non-hydrogen) atoms. The summed E-state index contributed by atoms with van der Waals surface area (Å²) in [7, 11) is -1.96. The number of hydrogen-bond donors (Lipinski definition) is 3. The topological polar surface area (TPSA) is 70.2 Å². The largest absolute Gasteiger partial charge is 0.385 e. The van der Waals surface area contributed by atoms with E-state index in [-0.39, 0.29) is 0 Å². The van der Waals surface area contributed by atoms with E-state index >= 15 is 0 Å². The van der Waals surface area contributed by atoms with Gasteiger partial charge in [0.2, 0.25) is 10.0 Å². The Morgan fingerprint density at radius 1 is 1.30 bits per heavy atom. The Morgan fingerprint density at radius 3 is 2.65 bits per heavy atom. The molecule has 0 amide bonds. The number of sulfonamides is 1.